The molecule has 1 saturated heterocycles. The van der Waals surface area contributed by atoms with Crippen LogP contribution in [-0.2, 0) is 9.53 Å². The summed E-state index contributed by atoms with van der Waals surface area (Å²) < 4.78 is 5.24. The molecule has 0 radical (unpaired) electrons. The second-order valence-electron chi connectivity index (χ2n) is 5.18. The number of allylic oxidation sites excluding steroid dienone is 2. The van der Waals surface area contributed by atoms with Crippen molar-refractivity contribution in [3.63, 3.8) is 0 Å². The molecule has 106 valence electrons. The average Bonchev–Trinajstić information content (AvgIpc) is 2.45. The van der Waals surface area contributed by atoms with Crippen molar-refractivity contribution in [2.45, 2.75) is 58.0 Å². The van der Waals surface area contributed by atoms with Crippen LogP contribution in [0.3, 0.4) is 0 Å². The number of likely N-dealkylation sites (tertiary alicyclic amines) is 1. The van der Waals surface area contributed by atoms with Crippen molar-refractivity contribution in [3.8, 4) is 0 Å². The Morgan fingerprint density at radius 3 is 2.84 bits per heavy atom. The molecule has 1 N–H and O–H groups in total. The molecule has 0 aliphatic carbocycles. The first kappa shape index (κ1) is 14.0. The van der Waals surface area contributed by atoms with Crippen LogP contribution in [0.25, 0.3) is 0 Å². The molecule has 1 unspecified atom stereocenters. The maximum atomic E-state index is 12.4. The number of methoxy groups -OCH3 is 1. The number of hydrogen-bond acceptors (Lipinski definition) is 3. The normalized spacial score (nSPS) is 25.9. The average molecular weight is 264 g/mol. The number of carbonyl (C=O) groups excluding carboxylic acids is 1. The van der Waals surface area contributed by atoms with E-state index in [0.29, 0.717) is 12.5 Å². The highest BCUT2D eigenvalue weighted by Gasteiger charge is 2.35. The summed E-state index contributed by atoms with van der Waals surface area (Å²) in [5, 5.41) is 3.35. The molecule has 0 bridgehead atoms. The Morgan fingerprint density at radius 2 is 2.21 bits per heavy atom. The van der Waals surface area contributed by atoms with Gasteiger partial charge in [-0.2, -0.15) is 0 Å². The van der Waals surface area contributed by atoms with Gasteiger partial charge in [0.25, 0.3) is 0 Å². The Balaban J connectivity index is 2.26. The highest BCUT2D eigenvalue weighted by atomic mass is 16.5. The monoisotopic (exact) mass is 264 g/mol. The second kappa shape index (κ2) is 6.13. The smallest absolute Gasteiger partial charge is 0.227 e. The Kier molecular flexibility index (Phi) is 4.51. The lowest BCUT2D eigenvalue weighted by molar-refractivity contribution is -0.132. The minimum atomic E-state index is 0.212. The summed E-state index contributed by atoms with van der Waals surface area (Å²) in [6.45, 7) is 4.21. The van der Waals surface area contributed by atoms with E-state index in [2.05, 4.69) is 19.2 Å². The molecule has 0 aromatic heterocycles. The zero-order valence-corrected chi connectivity index (χ0v) is 12.1. The van der Waals surface area contributed by atoms with E-state index in [0.717, 1.165) is 37.3 Å². The zero-order valence-electron chi connectivity index (χ0n) is 12.1. The number of ether oxygens (including phenoxy) is 1. The van der Waals surface area contributed by atoms with Crippen molar-refractivity contribution >= 4 is 5.91 Å². The van der Waals surface area contributed by atoms with E-state index in [1.807, 2.05) is 17.1 Å². The van der Waals surface area contributed by atoms with Crippen molar-refractivity contribution in [1.82, 2.24) is 10.2 Å². The van der Waals surface area contributed by atoms with Crippen LogP contribution in [0.2, 0.25) is 0 Å². The van der Waals surface area contributed by atoms with Crippen LogP contribution in [0.5, 0.6) is 0 Å². The molecule has 0 spiro atoms. The first-order valence-electron chi connectivity index (χ1n) is 7.25. The second-order valence-corrected chi connectivity index (χ2v) is 5.18. The molecule has 4 heteroatoms. The summed E-state index contributed by atoms with van der Waals surface area (Å²) in [6.07, 6.45) is 8.60. The Morgan fingerprint density at radius 1 is 1.42 bits per heavy atom. The van der Waals surface area contributed by atoms with E-state index < -0.39 is 0 Å². The molecule has 1 amide bonds. The van der Waals surface area contributed by atoms with Crippen LogP contribution in [0.15, 0.2) is 23.7 Å². The summed E-state index contributed by atoms with van der Waals surface area (Å²) in [5.74, 6) is 1.04. The van der Waals surface area contributed by atoms with E-state index in [-0.39, 0.29) is 11.9 Å². The Labute approximate surface area is 115 Å². The van der Waals surface area contributed by atoms with E-state index >= 15 is 0 Å². The maximum Gasteiger partial charge on any atom is 0.227 e. The quantitative estimate of drug-likeness (QED) is 0.848. The third kappa shape index (κ3) is 2.77. The lowest BCUT2D eigenvalue weighted by Crippen LogP contribution is -2.51. The largest absolute Gasteiger partial charge is 0.483 e. The van der Waals surface area contributed by atoms with E-state index in [1.165, 1.54) is 0 Å². The summed E-state index contributed by atoms with van der Waals surface area (Å²) in [6, 6.07) is 0.560. The van der Waals surface area contributed by atoms with E-state index in [1.54, 1.807) is 7.11 Å². The zero-order chi connectivity index (χ0) is 13.8. The van der Waals surface area contributed by atoms with Gasteiger partial charge in [-0.05, 0) is 37.8 Å². The van der Waals surface area contributed by atoms with Crippen LogP contribution < -0.4 is 5.32 Å². The van der Waals surface area contributed by atoms with Gasteiger partial charge in [0.2, 0.25) is 5.91 Å². The van der Waals surface area contributed by atoms with Crippen molar-refractivity contribution < 1.29 is 9.53 Å². The fourth-order valence-electron chi connectivity index (χ4n) is 2.93. The summed E-state index contributed by atoms with van der Waals surface area (Å²) in [4.78, 5) is 14.4. The van der Waals surface area contributed by atoms with Crippen LogP contribution in [0, 0.1) is 0 Å². The van der Waals surface area contributed by atoms with Crippen LogP contribution >= 0.6 is 0 Å². The van der Waals surface area contributed by atoms with Gasteiger partial charge in [0.1, 0.15) is 0 Å². The van der Waals surface area contributed by atoms with Gasteiger partial charge >= 0.3 is 0 Å². The van der Waals surface area contributed by atoms with Gasteiger partial charge in [-0.3, -0.25) is 4.79 Å². The number of nitrogens with zero attached hydrogens (tertiary/aromatic N) is 1. The van der Waals surface area contributed by atoms with Crippen molar-refractivity contribution in [2.24, 2.45) is 0 Å². The fraction of sp³-hybridized carbons (Fsp3) is 0.667. The van der Waals surface area contributed by atoms with Gasteiger partial charge in [0.05, 0.1) is 13.2 Å². The fourth-order valence-corrected chi connectivity index (χ4v) is 2.93. The van der Waals surface area contributed by atoms with Crippen molar-refractivity contribution in [2.75, 3.05) is 7.11 Å². The molecule has 0 saturated carbocycles. The number of nitrogens with one attached hydrogen (secondary N) is 1. The lowest BCUT2D eigenvalue weighted by Gasteiger charge is -2.43. The number of carbonyl (C=O) groups is 1. The van der Waals surface area contributed by atoms with Crippen LogP contribution in [0.1, 0.15) is 46.0 Å². The molecule has 2 aliphatic heterocycles. The Bertz CT molecular complexity index is 401. The Hall–Kier alpha value is -1.45. The minimum absolute atomic E-state index is 0.212. The molecular formula is C15H24N2O2. The van der Waals surface area contributed by atoms with Gasteiger partial charge in [0.15, 0.2) is 5.88 Å². The summed E-state index contributed by atoms with van der Waals surface area (Å²) >= 11 is 0. The molecular weight excluding hydrogens is 240 g/mol. The molecule has 2 rings (SSSR count). The number of rotatable bonds is 4. The molecule has 2 atom stereocenters. The van der Waals surface area contributed by atoms with Crippen LogP contribution in [0.4, 0.5) is 0 Å². The molecule has 1 fully saturated rings. The molecule has 19 heavy (non-hydrogen) atoms. The molecule has 4 nitrogen and oxygen atoms in total. The molecule has 0 aromatic rings. The van der Waals surface area contributed by atoms with E-state index in [4.69, 9.17) is 4.74 Å². The third-order valence-electron chi connectivity index (χ3n) is 3.93. The number of piperidine rings is 1. The predicted octanol–water partition coefficient (Wildman–Crippen LogP) is 2.53. The topological polar surface area (TPSA) is 41.6 Å². The molecule has 0 aromatic carbocycles. The standard InChI is InChI=1S/C15H24N2O2/c1-4-6-15(18)17-11(5-2)7-8-12-13(17)9-10-14(16-12)19-3/h9-12,16H,4-8H2,1-3H3/t11-,12?/m1/s1. The van der Waals surface area contributed by atoms with Gasteiger partial charge in [-0.1, -0.05) is 13.8 Å². The summed E-state index contributed by atoms with van der Waals surface area (Å²) in [5.41, 5.74) is 1.11. The number of hydrogen-bond donors (Lipinski definition) is 1. The first-order chi connectivity index (χ1) is 9.21. The highest BCUT2D eigenvalue weighted by molar-refractivity contribution is 5.79. The minimum Gasteiger partial charge on any atom is -0.483 e. The van der Waals surface area contributed by atoms with Gasteiger partial charge in [-0.25, -0.2) is 0 Å². The number of fused-ring (bicyclic) bond motifs is 1. The number of dihydropyridines is 1. The van der Waals surface area contributed by atoms with Gasteiger partial charge in [0, 0.05) is 18.2 Å². The maximum absolute atomic E-state index is 12.4. The summed E-state index contributed by atoms with van der Waals surface area (Å²) in [7, 11) is 1.66. The van der Waals surface area contributed by atoms with Gasteiger partial charge < -0.3 is 15.0 Å². The molecule has 2 aliphatic rings. The SMILES string of the molecule is CCCC(=O)N1C2=CC=C(OC)NC2CC[C@H]1CC. The lowest BCUT2D eigenvalue weighted by atomic mass is 9.91. The number of amides is 1. The van der Waals surface area contributed by atoms with Crippen molar-refractivity contribution in [1.29, 1.82) is 0 Å². The predicted molar refractivity (Wildman–Crippen MR) is 75.2 cm³/mol. The van der Waals surface area contributed by atoms with E-state index in [9.17, 15) is 4.79 Å². The molecule has 2 heterocycles. The first-order valence-corrected chi connectivity index (χ1v) is 7.25. The van der Waals surface area contributed by atoms with Crippen LogP contribution in [-0.4, -0.2) is 30.0 Å². The highest BCUT2D eigenvalue weighted by Crippen LogP contribution is 2.31. The van der Waals surface area contributed by atoms with Gasteiger partial charge in [-0.15, -0.1) is 0 Å². The third-order valence-corrected chi connectivity index (χ3v) is 3.93. The van der Waals surface area contributed by atoms with Crippen molar-refractivity contribution in [3.05, 3.63) is 23.7 Å².